The Hall–Kier alpha value is -0.480. The van der Waals surface area contributed by atoms with Crippen LogP contribution < -0.4 is 0 Å². The summed E-state index contributed by atoms with van der Waals surface area (Å²) in [5, 5.41) is 8.55. The van der Waals surface area contributed by atoms with Crippen molar-refractivity contribution in [2.24, 2.45) is 0 Å². The lowest BCUT2D eigenvalue weighted by atomic mass is 10.3. The highest BCUT2D eigenvalue weighted by molar-refractivity contribution is 4.41. The second kappa shape index (κ2) is 33.5. The van der Waals surface area contributed by atoms with Gasteiger partial charge >= 0.3 is 0 Å². The maximum atomic E-state index is 8.55. The van der Waals surface area contributed by atoms with Gasteiger partial charge in [-0.05, 0) is 12.8 Å². The highest BCUT2D eigenvalue weighted by atomic mass is 17.2. The average Bonchev–Trinajstić information content (AvgIpc) is 2.87. The normalized spacial score (nSPS) is 11.5. The number of unbranched alkanes of at least 4 members (excludes halogenated alkanes) is 1. The van der Waals surface area contributed by atoms with Crippen molar-refractivity contribution in [3.05, 3.63) is 0 Å². The zero-order valence-corrected chi connectivity index (χ0v) is 21.5. The van der Waals surface area contributed by atoms with Gasteiger partial charge in [0.25, 0.3) is 0 Å². The minimum Gasteiger partial charge on any atom is -0.394 e. The van der Waals surface area contributed by atoms with Crippen molar-refractivity contribution in [1.82, 2.24) is 0 Å². The summed E-state index contributed by atoms with van der Waals surface area (Å²) < 4.78 is 48.4. The Balaban J connectivity index is 3.00. The topological polar surface area (TPSA) is 122 Å². The lowest BCUT2D eigenvalue weighted by Gasteiger charge is -2.08. The minimum absolute atomic E-state index is 0.0334. The zero-order valence-electron chi connectivity index (χ0n) is 21.5. The second-order valence-corrected chi connectivity index (χ2v) is 6.93. The first-order chi connectivity index (χ1) is 17.4. The van der Waals surface area contributed by atoms with E-state index in [-0.39, 0.29) is 6.61 Å². The summed E-state index contributed by atoms with van der Waals surface area (Å²) in [7, 11) is 1.46. The summed E-state index contributed by atoms with van der Waals surface area (Å²) in [6.45, 7) is 10.1. The monoisotopic (exact) mass is 516 g/mol. The van der Waals surface area contributed by atoms with Crippen LogP contribution in [0.1, 0.15) is 12.8 Å². The molecule has 0 saturated heterocycles. The highest BCUT2D eigenvalue weighted by Crippen LogP contribution is 1.92. The van der Waals surface area contributed by atoms with Gasteiger partial charge < -0.3 is 47.7 Å². The molecule has 0 bridgehead atoms. The predicted molar refractivity (Wildman–Crippen MR) is 127 cm³/mol. The molecular formula is C23H48O12. The number of aliphatic hydroxyl groups excluding tert-OH is 1. The van der Waals surface area contributed by atoms with Crippen LogP contribution in [0.3, 0.4) is 0 Å². The Labute approximate surface area is 210 Å². The molecule has 0 saturated carbocycles. The van der Waals surface area contributed by atoms with Crippen molar-refractivity contribution < 1.29 is 57.5 Å². The molecule has 0 aromatic rings. The van der Waals surface area contributed by atoms with Crippen LogP contribution in [0.2, 0.25) is 0 Å². The Bertz CT molecular complexity index is 333. The molecule has 12 heteroatoms. The van der Waals surface area contributed by atoms with E-state index in [4.69, 9.17) is 47.7 Å². The maximum absolute atomic E-state index is 8.55. The SMILES string of the molecule is COOCCOCCOCCOCCOCCOCCCCOCCOCCOCCOCCO. The number of aliphatic hydroxyl groups is 1. The Morgan fingerprint density at radius 2 is 0.600 bits per heavy atom. The van der Waals surface area contributed by atoms with Gasteiger partial charge in [0.2, 0.25) is 0 Å². The van der Waals surface area contributed by atoms with Crippen LogP contribution >= 0.6 is 0 Å². The van der Waals surface area contributed by atoms with Crippen LogP contribution in [0.5, 0.6) is 0 Å². The quantitative estimate of drug-likeness (QED) is 0.0760. The van der Waals surface area contributed by atoms with Crippen LogP contribution in [0.15, 0.2) is 0 Å². The molecule has 1 N–H and O–H groups in total. The van der Waals surface area contributed by atoms with Crippen LogP contribution in [0.4, 0.5) is 0 Å². The van der Waals surface area contributed by atoms with Crippen LogP contribution in [-0.2, 0) is 52.4 Å². The third kappa shape index (κ3) is 33.5. The molecule has 12 nitrogen and oxygen atoms in total. The molecule has 0 rings (SSSR count). The van der Waals surface area contributed by atoms with Crippen LogP contribution in [0.25, 0.3) is 0 Å². The summed E-state index contributed by atoms with van der Waals surface area (Å²) in [6.07, 6.45) is 1.89. The van der Waals surface area contributed by atoms with Crippen molar-refractivity contribution in [3.63, 3.8) is 0 Å². The van der Waals surface area contributed by atoms with E-state index in [1.807, 2.05) is 0 Å². The van der Waals surface area contributed by atoms with Gasteiger partial charge in [0, 0.05) is 13.2 Å². The molecule has 0 aliphatic heterocycles. The average molecular weight is 517 g/mol. The molecule has 35 heavy (non-hydrogen) atoms. The molecule has 0 radical (unpaired) electrons. The molecule has 0 heterocycles. The molecule has 0 aromatic heterocycles. The molecule has 0 aliphatic carbocycles. The smallest absolute Gasteiger partial charge is 0.106 e. The van der Waals surface area contributed by atoms with Gasteiger partial charge in [-0.1, -0.05) is 0 Å². The van der Waals surface area contributed by atoms with Gasteiger partial charge in [-0.3, -0.25) is 0 Å². The lowest BCUT2D eigenvalue weighted by Crippen LogP contribution is -2.14. The minimum atomic E-state index is 0.0334. The Morgan fingerprint density at radius 1 is 0.343 bits per heavy atom. The number of ether oxygens (including phenoxy) is 9. The summed E-state index contributed by atoms with van der Waals surface area (Å²) >= 11 is 0. The van der Waals surface area contributed by atoms with E-state index in [0.29, 0.717) is 126 Å². The summed E-state index contributed by atoms with van der Waals surface area (Å²) in [5.74, 6) is 0. The van der Waals surface area contributed by atoms with Crippen molar-refractivity contribution in [1.29, 1.82) is 0 Å². The zero-order chi connectivity index (χ0) is 25.3. The Morgan fingerprint density at radius 3 is 0.886 bits per heavy atom. The molecule has 0 aliphatic rings. The molecule has 0 spiro atoms. The summed E-state index contributed by atoms with van der Waals surface area (Å²) in [5.41, 5.74) is 0. The number of hydrogen-bond acceptors (Lipinski definition) is 12. The standard InChI is InChI=1S/C23H48O12/c1-25-35-23-22-34-21-20-33-19-18-32-17-15-30-12-9-27-6-3-2-5-26-8-11-29-14-16-31-13-10-28-7-4-24/h24H,2-23H2,1H3. The molecule has 212 valence electrons. The first-order valence-electron chi connectivity index (χ1n) is 12.4. The molecule has 0 fully saturated rings. The molecule has 0 atom stereocenters. The molecule has 0 aromatic carbocycles. The van der Waals surface area contributed by atoms with Crippen LogP contribution in [-0.4, -0.2) is 144 Å². The Kier molecular flexibility index (Phi) is 33.1. The number of rotatable bonds is 32. The van der Waals surface area contributed by atoms with Gasteiger partial charge in [0.1, 0.15) is 6.61 Å². The van der Waals surface area contributed by atoms with Crippen molar-refractivity contribution in [2.75, 3.05) is 139 Å². The first-order valence-corrected chi connectivity index (χ1v) is 12.4. The first kappa shape index (κ1) is 34.5. The molecule has 0 unspecified atom stereocenters. The lowest BCUT2D eigenvalue weighted by molar-refractivity contribution is -0.277. The molecular weight excluding hydrogens is 468 g/mol. The van der Waals surface area contributed by atoms with Crippen molar-refractivity contribution in [2.45, 2.75) is 12.8 Å². The van der Waals surface area contributed by atoms with E-state index in [1.165, 1.54) is 7.11 Å². The van der Waals surface area contributed by atoms with Crippen molar-refractivity contribution in [3.8, 4) is 0 Å². The summed E-state index contributed by atoms with van der Waals surface area (Å²) in [6, 6.07) is 0. The van der Waals surface area contributed by atoms with Gasteiger partial charge in [-0.15, -0.1) is 0 Å². The largest absolute Gasteiger partial charge is 0.394 e. The van der Waals surface area contributed by atoms with Gasteiger partial charge in [0.05, 0.1) is 119 Å². The van der Waals surface area contributed by atoms with E-state index in [0.717, 1.165) is 12.8 Å². The fourth-order valence-electron chi connectivity index (χ4n) is 2.39. The van der Waals surface area contributed by atoms with Gasteiger partial charge in [0.15, 0.2) is 0 Å². The van der Waals surface area contributed by atoms with E-state index in [1.54, 1.807) is 0 Å². The third-order valence-corrected chi connectivity index (χ3v) is 4.10. The van der Waals surface area contributed by atoms with Gasteiger partial charge in [-0.2, -0.15) is 0 Å². The number of hydrogen-bond donors (Lipinski definition) is 1. The maximum Gasteiger partial charge on any atom is 0.106 e. The fourth-order valence-corrected chi connectivity index (χ4v) is 2.39. The summed E-state index contributed by atoms with van der Waals surface area (Å²) in [4.78, 5) is 9.12. The predicted octanol–water partition coefficient (Wildman–Crippen LogP) is 0.486. The molecule has 0 amide bonds. The highest BCUT2D eigenvalue weighted by Gasteiger charge is 1.96. The fraction of sp³-hybridized carbons (Fsp3) is 1.00. The second-order valence-electron chi connectivity index (χ2n) is 6.93. The van der Waals surface area contributed by atoms with Gasteiger partial charge in [-0.25, -0.2) is 9.78 Å². The van der Waals surface area contributed by atoms with E-state index in [9.17, 15) is 0 Å². The third-order valence-electron chi connectivity index (χ3n) is 4.10. The van der Waals surface area contributed by atoms with Crippen LogP contribution in [0, 0.1) is 0 Å². The van der Waals surface area contributed by atoms with E-state index < -0.39 is 0 Å². The van der Waals surface area contributed by atoms with E-state index in [2.05, 4.69) is 9.78 Å². The van der Waals surface area contributed by atoms with E-state index >= 15 is 0 Å². The van der Waals surface area contributed by atoms with Crippen molar-refractivity contribution >= 4 is 0 Å².